The van der Waals surface area contributed by atoms with Crippen LogP contribution in [0.2, 0.25) is 0 Å². The molecule has 0 heterocycles. The molecule has 0 aliphatic carbocycles. The van der Waals surface area contributed by atoms with E-state index in [-0.39, 0.29) is 17.2 Å². The second-order valence-electron chi connectivity index (χ2n) is 5.32. The highest BCUT2D eigenvalue weighted by atomic mass is 16.3. The summed E-state index contributed by atoms with van der Waals surface area (Å²) in [7, 11) is 0. The third-order valence-corrected chi connectivity index (χ3v) is 3.83. The number of aryl methyl sites for hydroxylation is 2. The Hall–Kier alpha value is -2.68. The molecule has 0 spiro atoms. The van der Waals surface area contributed by atoms with Gasteiger partial charge >= 0.3 is 0 Å². The molecule has 0 atom stereocenters. The van der Waals surface area contributed by atoms with E-state index in [1.54, 1.807) is 18.2 Å². The molecule has 0 aromatic heterocycles. The summed E-state index contributed by atoms with van der Waals surface area (Å²) in [5, 5.41) is 31.2. The summed E-state index contributed by atoms with van der Waals surface area (Å²) in [4.78, 5) is 0. The van der Waals surface area contributed by atoms with Crippen LogP contribution >= 0.6 is 0 Å². The molecule has 0 saturated carbocycles. The molecule has 3 N–H and O–H groups in total. The molecule has 3 heteroatoms. The molecular formula is C18H16O3. The van der Waals surface area contributed by atoms with Crippen LogP contribution in [0.4, 0.5) is 0 Å². The van der Waals surface area contributed by atoms with E-state index in [1.165, 1.54) is 0 Å². The Bertz CT molecular complexity index is 851. The van der Waals surface area contributed by atoms with Crippen molar-refractivity contribution >= 4 is 10.8 Å². The van der Waals surface area contributed by atoms with Gasteiger partial charge in [-0.2, -0.15) is 0 Å². The summed E-state index contributed by atoms with van der Waals surface area (Å²) in [5.74, 6) is 0.520. The molecule has 3 aromatic rings. The van der Waals surface area contributed by atoms with Crippen molar-refractivity contribution in [1.82, 2.24) is 0 Å². The zero-order valence-corrected chi connectivity index (χ0v) is 11.9. The minimum absolute atomic E-state index is 0.125. The second kappa shape index (κ2) is 4.70. The molecule has 3 aromatic carbocycles. The number of fused-ring (bicyclic) bond motifs is 1. The van der Waals surface area contributed by atoms with Gasteiger partial charge in [0.25, 0.3) is 0 Å². The molecule has 3 rings (SSSR count). The number of benzene rings is 3. The summed E-state index contributed by atoms with van der Waals surface area (Å²) in [6.45, 7) is 3.66. The van der Waals surface area contributed by atoms with Crippen LogP contribution in [0.5, 0.6) is 17.2 Å². The molecule has 0 bridgehead atoms. The molecule has 0 aliphatic heterocycles. The van der Waals surface area contributed by atoms with Crippen LogP contribution < -0.4 is 0 Å². The van der Waals surface area contributed by atoms with Crippen molar-refractivity contribution in [2.24, 2.45) is 0 Å². The summed E-state index contributed by atoms with van der Waals surface area (Å²) in [6, 6.07) is 12.3. The largest absolute Gasteiger partial charge is 0.508 e. The number of phenolic OH excluding ortho intramolecular Hbond substituents is 3. The van der Waals surface area contributed by atoms with Crippen molar-refractivity contribution in [1.29, 1.82) is 0 Å². The predicted molar refractivity (Wildman–Crippen MR) is 83.9 cm³/mol. The van der Waals surface area contributed by atoms with E-state index in [9.17, 15) is 15.3 Å². The molecule has 0 saturated heterocycles. The fourth-order valence-corrected chi connectivity index (χ4v) is 2.50. The maximum atomic E-state index is 10.00. The van der Waals surface area contributed by atoms with Gasteiger partial charge in [0.05, 0.1) is 0 Å². The topological polar surface area (TPSA) is 60.7 Å². The van der Waals surface area contributed by atoms with Crippen LogP contribution in [-0.4, -0.2) is 15.3 Å². The average molecular weight is 280 g/mol. The Morgan fingerprint density at radius 1 is 0.619 bits per heavy atom. The first-order valence-corrected chi connectivity index (χ1v) is 6.72. The Balaban J connectivity index is 2.35. The Morgan fingerprint density at radius 3 is 2.05 bits per heavy atom. The van der Waals surface area contributed by atoms with Crippen LogP contribution in [0.25, 0.3) is 21.9 Å². The van der Waals surface area contributed by atoms with Crippen LogP contribution in [0.15, 0.2) is 42.5 Å². The van der Waals surface area contributed by atoms with Crippen LogP contribution in [0, 0.1) is 13.8 Å². The molecule has 106 valence electrons. The molecule has 0 unspecified atom stereocenters. The van der Waals surface area contributed by atoms with Gasteiger partial charge in [-0.3, -0.25) is 0 Å². The molecule has 0 radical (unpaired) electrons. The molecule has 0 fully saturated rings. The van der Waals surface area contributed by atoms with Gasteiger partial charge < -0.3 is 15.3 Å². The quantitative estimate of drug-likeness (QED) is 0.624. The van der Waals surface area contributed by atoms with Crippen molar-refractivity contribution in [2.45, 2.75) is 13.8 Å². The smallest absolute Gasteiger partial charge is 0.123 e. The zero-order valence-electron chi connectivity index (χ0n) is 11.9. The lowest BCUT2D eigenvalue weighted by atomic mass is 9.95. The lowest BCUT2D eigenvalue weighted by Crippen LogP contribution is -1.85. The van der Waals surface area contributed by atoms with Gasteiger partial charge in [-0.15, -0.1) is 0 Å². The van der Waals surface area contributed by atoms with Gasteiger partial charge in [0.1, 0.15) is 17.2 Å². The highest BCUT2D eigenvalue weighted by Gasteiger charge is 2.11. The lowest BCUT2D eigenvalue weighted by molar-refractivity contribution is 0.468. The molecule has 0 aliphatic rings. The average Bonchev–Trinajstić information content (AvgIpc) is 2.45. The Kier molecular flexibility index (Phi) is 2.98. The first kappa shape index (κ1) is 13.3. The van der Waals surface area contributed by atoms with Crippen LogP contribution in [0.3, 0.4) is 0 Å². The normalized spacial score (nSPS) is 11.0. The third-order valence-electron chi connectivity index (χ3n) is 3.83. The third kappa shape index (κ3) is 2.17. The maximum Gasteiger partial charge on any atom is 0.123 e. The first-order valence-electron chi connectivity index (χ1n) is 6.72. The zero-order chi connectivity index (χ0) is 15.1. The van der Waals surface area contributed by atoms with Crippen molar-refractivity contribution in [3.8, 4) is 28.4 Å². The predicted octanol–water partition coefficient (Wildman–Crippen LogP) is 4.24. The maximum absolute atomic E-state index is 10.00. The molecular weight excluding hydrogens is 264 g/mol. The van der Waals surface area contributed by atoms with E-state index < -0.39 is 0 Å². The summed E-state index contributed by atoms with van der Waals surface area (Å²) >= 11 is 0. The molecule has 0 amide bonds. The monoisotopic (exact) mass is 280 g/mol. The van der Waals surface area contributed by atoms with Gasteiger partial charge in [-0.05, 0) is 65.8 Å². The number of hydrogen-bond acceptors (Lipinski definition) is 3. The van der Waals surface area contributed by atoms with Gasteiger partial charge in [-0.1, -0.05) is 18.2 Å². The summed E-state index contributed by atoms with van der Waals surface area (Å²) < 4.78 is 0. The van der Waals surface area contributed by atoms with E-state index in [0.29, 0.717) is 5.39 Å². The molecule has 21 heavy (non-hydrogen) atoms. The first-order chi connectivity index (χ1) is 9.97. The SMILES string of the molecule is Cc1ccc(-c2ccc(O)c3cc(O)c(C)cc23)cc1O. The molecule has 3 nitrogen and oxygen atoms in total. The Labute approximate surface area is 122 Å². The minimum Gasteiger partial charge on any atom is -0.508 e. The Morgan fingerprint density at radius 2 is 1.33 bits per heavy atom. The van der Waals surface area contributed by atoms with Gasteiger partial charge in [0, 0.05) is 5.39 Å². The van der Waals surface area contributed by atoms with Gasteiger partial charge in [0.15, 0.2) is 0 Å². The number of hydrogen-bond donors (Lipinski definition) is 3. The van der Waals surface area contributed by atoms with E-state index in [2.05, 4.69) is 0 Å². The number of aromatic hydroxyl groups is 3. The summed E-state index contributed by atoms with van der Waals surface area (Å²) in [5.41, 5.74) is 3.33. The highest BCUT2D eigenvalue weighted by molar-refractivity contribution is 6.01. The lowest BCUT2D eigenvalue weighted by Gasteiger charge is -2.11. The number of rotatable bonds is 1. The van der Waals surface area contributed by atoms with Crippen molar-refractivity contribution in [3.63, 3.8) is 0 Å². The van der Waals surface area contributed by atoms with Gasteiger partial charge in [0.2, 0.25) is 0 Å². The fraction of sp³-hybridized carbons (Fsp3) is 0.111. The van der Waals surface area contributed by atoms with E-state index in [1.807, 2.05) is 38.1 Å². The van der Waals surface area contributed by atoms with E-state index >= 15 is 0 Å². The second-order valence-corrected chi connectivity index (χ2v) is 5.32. The van der Waals surface area contributed by atoms with E-state index in [0.717, 1.165) is 27.6 Å². The van der Waals surface area contributed by atoms with Crippen LogP contribution in [0.1, 0.15) is 11.1 Å². The number of phenols is 3. The van der Waals surface area contributed by atoms with Crippen LogP contribution in [-0.2, 0) is 0 Å². The van der Waals surface area contributed by atoms with Crippen molar-refractivity contribution in [2.75, 3.05) is 0 Å². The van der Waals surface area contributed by atoms with Crippen molar-refractivity contribution in [3.05, 3.63) is 53.6 Å². The van der Waals surface area contributed by atoms with Crippen molar-refractivity contribution < 1.29 is 15.3 Å². The van der Waals surface area contributed by atoms with Gasteiger partial charge in [-0.25, -0.2) is 0 Å². The summed E-state index contributed by atoms with van der Waals surface area (Å²) in [6.07, 6.45) is 0. The highest BCUT2D eigenvalue weighted by Crippen LogP contribution is 2.38. The minimum atomic E-state index is 0.125. The van der Waals surface area contributed by atoms with E-state index in [4.69, 9.17) is 0 Å². The standard InChI is InChI=1S/C18H16O3/c1-10-3-4-12(8-17(10)20)13-5-6-16(19)15-9-18(21)11(2)7-14(13)15/h3-9,19-21H,1-2H3. The fourth-order valence-electron chi connectivity index (χ4n) is 2.50.